The molecule has 0 amide bonds. The van der Waals surface area contributed by atoms with Gasteiger partial charge in [0.15, 0.2) is 17.5 Å². The molecular formula is C18H15F3N4O. The van der Waals surface area contributed by atoms with E-state index in [1.807, 2.05) is 0 Å². The van der Waals surface area contributed by atoms with Gasteiger partial charge in [-0.05, 0) is 31.2 Å². The largest absolute Gasteiger partial charge is 0.497 e. The van der Waals surface area contributed by atoms with Crippen LogP contribution in [0.5, 0.6) is 5.75 Å². The van der Waals surface area contributed by atoms with Crippen LogP contribution in [0.1, 0.15) is 5.69 Å². The number of anilines is 4. The van der Waals surface area contributed by atoms with Crippen molar-refractivity contribution in [2.24, 2.45) is 0 Å². The van der Waals surface area contributed by atoms with Crippen LogP contribution in [0.15, 0.2) is 42.5 Å². The molecule has 2 aromatic carbocycles. The van der Waals surface area contributed by atoms with Crippen LogP contribution >= 0.6 is 0 Å². The average Bonchev–Trinajstić information content (AvgIpc) is 2.62. The molecule has 0 saturated heterocycles. The summed E-state index contributed by atoms with van der Waals surface area (Å²) in [4.78, 5) is 8.47. The van der Waals surface area contributed by atoms with E-state index in [-0.39, 0.29) is 17.5 Å². The molecule has 2 N–H and O–H groups in total. The van der Waals surface area contributed by atoms with E-state index in [0.29, 0.717) is 17.1 Å². The van der Waals surface area contributed by atoms with E-state index in [4.69, 9.17) is 4.74 Å². The Hall–Kier alpha value is -3.29. The Labute approximate surface area is 147 Å². The van der Waals surface area contributed by atoms with Crippen molar-refractivity contribution in [3.63, 3.8) is 0 Å². The predicted molar refractivity (Wildman–Crippen MR) is 92.6 cm³/mol. The normalized spacial score (nSPS) is 10.5. The van der Waals surface area contributed by atoms with E-state index in [9.17, 15) is 13.2 Å². The molecule has 1 aromatic heterocycles. The molecule has 134 valence electrons. The molecule has 0 aliphatic rings. The van der Waals surface area contributed by atoms with Crippen molar-refractivity contribution in [1.29, 1.82) is 0 Å². The highest BCUT2D eigenvalue weighted by atomic mass is 19.2. The summed E-state index contributed by atoms with van der Waals surface area (Å²) in [5, 5.41) is 5.64. The zero-order valence-corrected chi connectivity index (χ0v) is 14.0. The molecule has 0 fully saturated rings. The third kappa shape index (κ3) is 3.85. The first-order valence-corrected chi connectivity index (χ1v) is 7.63. The van der Waals surface area contributed by atoms with Crippen LogP contribution in [0.2, 0.25) is 0 Å². The molecule has 0 bridgehead atoms. The minimum Gasteiger partial charge on any atom is -0.497 e. The van der Waals surface area contributed by atoms with Crippen LogP contribution in [0, 0.1) is 24.4 Å². The Balaban J connectivity index is 1.87. The van der Waals surface area contributed by atoms with Crippen LogP contribution < -0.4 is 15.4 Å². The van der Waals surface area contributed by atoms with Crippen molar-refractivity contribution < 1.29 is 17.9 Å². The second kappa shape index (κ2) is 7.30. The van der Waals surface area contributed by atoms with Gasteiger partial charge < -0.3 is 15.4 Å². The third-order valence-electron chi connectivity index (χ3n) is 3.48. The van der Waals surface area contributed by atoms with E-state index in [2.05, 4.69) is 20.6 Å². The standard InChI is InChI=1S/C18H15F3N4O/c1-10-8-15(24-14-7-6-13(19)16(20)17(14)21)25-18(22-10)23-11-4-3-5-12(9-11)26-2/h3-9H,1-2H3,(H2,22,23,24,25). The minimum absolute atomic E-state index is 0.227. The van der Waals surface area contributed by atoms with E-state index in [1.165, 1.54) is 0 Å². The fourth-order valence-corrected chi connectivity index (χ4v) is 2.28. The van der Waals surface area contributed by atoms with Crippen LogP contribution in [0.3, 0.4) is 0 Å². The fourth-order valence-electron chi connectivity index (χ4n) is 2.28. The molecule has 0 unspecified atom stereocenters. The second-order valence-corrected chi connectivity index (χ2v) is 5.42. The summed E-state index contributed by atoms with van der Waals surface area (Å²) in [6, 6.07) is 10.6. The number of hydrogen-bond donors (Lipinski definition) is 2. The molecule has 26 heavy (non-hydrogen) atoms. The van der Waals surface area contributed by atoms with Gasteiger partial charge in [0.2, 0.25) is 5.95 Å². The molecule has 0 spiro atoms. The molecule has 0 radical (unpaired) electrons. The number of ether oxygens (including phenoxy) is 1. The Morgan fingerprint density at radius 2 is 1.73 bits per heavy atom. The number of aryl methyl sites for hydroxylation is 1. The average molecular weight is 360 g/mol. The van der Waals surface area contributed by atoms with Crippen LogP contribution in [0.4, 0.5) is 36.3 Å². The van der Waals surface area contributed by atoms with Crippen LogP contribution in [-0.2, 0) is 0 Å². The number of halogens is 3. The van der Waals surface area contributed by atoms with Crippen LogP contribution in [0.25, 0.3) is 0 Å². The van der Waals surface area contributed by atoms with Gasteiger partial charge in [-0.2, -0.15) is 4.98 Å². The quantitative estimate of drug-likeness (QED) is 0.646. The van der Waals surface area contributed by atoms with E-state index < -0.39 is 17.5 Å². The minimum atomic E-state index is -1.55. The van der Waals surface area contributed by atoms with Crippen molar-refractivity contribution in [2.45, 2.75) is 6.92 Å². The van der Waals surface area contributed by atoms with Gasteiger partial charge >= 0.3 is 0 Å². The van der Waals surface area contributed by atoms with Gasteiger partial charge in [0, 0.05) is 23.5 Å². The molecular weight excluding hydrogens is 345 g/mol. The summed E-state index contributed by atoms with van der Waals surface area (Å²) in [7, 11) is 1.56. The molecule has 5 nitrogen and oxygen atoms in total. The van der Waals surface area contributed by atoms with Gasteiger partial charge in [-0.3, -0.25) is 0 Å². The number of rotatable bonds is 5. The Morgan fingerprint density at radius 1 is 0.923 bits per heavy atom. The lowest BCUT2D eigenvalue weighted by Crippen LogP contribution is -2.04. The van der Waals surface area contributed by atoms with Gasteiger partial charge in [0.05, 0.1) is 12.8 Å². The van der Waals surface area contributed by atoms with Gasteiger partial charge in [-0.15, -0.1) is 0 Å². The Morgan fingerprint density at radius 3 is 2.50 bits per heavy atom. The lowest BCUT2D eigenvalue weighted by molar-refractivity contribution is 0.415. The molecule has 0 aliphatic heterocycles. The summed E-state index contributed by atoms with van der Waals surface area (Å²) < 4.78 is 45.4. The number of nitrogens with zero attached hydrogens (tertiary/aromatic N) is 2. The number of aromatic nitrogens is 2. The van der Waals surface area contributed by atoms with E-state index in [1.54, 1.807) is 44.4 Å². The maximum absolute atomic E-state index is 13.8. The summed E-state index contributed by atoms with van der Waals surface area (Å²) in [6.45, 7) is 1.73. The molecule has 8 heteroatoms. The van der Waals surface area contributed by atoms with Gasteiger partial charge in [0.1, 0.15) is 11.6 Å². The summed E-state index contributed by atoms with van der Waals surface area (Å²) in [5.41, 5.74) is 1.06. The molecule has 0 aliphatic carbocycles. The van der Waals surface area contributed by atoms with Crippen molar-refractivity contribution in [3.05, 3.63) is 65.6 Å². The molecule has 0 saturated carbocycles. The number of benzene rings is 2. The van der Waals surface area contributed by atoms with Crippen molar-refractivity contribution >= 4 is 23.1 Å². The maximum atomic E-state index is 13.8. The molecule has 1 heterocycles. The molecule has 3 rings (SSSR count). The zero-order chi connectivity index (χ0) is 18.7. The molecule has 3 aromatic rings. The highest BCUT2D eigenvalue weighted by molar-refractivity contribution is 5.61. The number of methoxy groups -OCH3 is 1. The third-order valence-corrected chi connectivity index (χ3v) is 3.48. The first kappa shape index (κ1) is 17.5. The second-order valence-electron chi connectivity index (χ2n) is 5.42. The van der Waals surface area contributed by atoms with E-state index in [0.717, 1.165) is 12.1 Å². The maximum Gasteiger partial charge on any atom is 0.229 e. The summed E-state index contributed by atoms with van der Waals surface area (Å²) in [5.74, 6) is -2.98. The smallest absolute Gasteiger partial charge is 0.229 e. The zero-order valence-electron chi connectivity index (χ0n) is 14.0. The van der Waals surface area contributed by atoms with Gasteiger partial charge in [0.25, 0.3) is 0 Å². The van der Waals surface area contributed by atoms with E-state index >= 15 is 0 Å². The summed E-state index contributed by atoms with van der Waals surface area (Å²) >= 11 is 0. The SMILES string of the molecule is COc1cccc(Nc2nc(C)cc(Nc3ccc(F)c(F)c3F)n2)c1. The number of nitrogens with one attached hydrogen (secondary N) is 2. The lowest BCUT2D eigenvalue weighted by Gasteiger charge is -2.11. The van der Waals surface area contributed by atoms with Crippen molar-refractivity contribution in [3.8, 4) is 5.75 Å². The van der Waals surface area contributed by atoms with Gasteiger partial charge in [-0.25, -0.2) is 18.2 Å². The fraction of sp³-hybridized carbons (Fsp3) is 0.111. The first-order valence-electron chi connectivity index (χ1n) is 7.63. The number of hydrogen-bond acceptors (Lipinski definition) is 5. The Bertz CT molecular complexity index is 950. The topological polar surface area (TPSA) is 59.1 Å². The van der Waals surface area contributed by atoms with Crippen molar-refractivity contribution in [2.75, 3.05) is 17.7 Å². The Kier molecular flexibility index (Phi) is 4.92. The lowest BCUT2D eigenvalue weighted by atomic mass is 10.2. The summed E-state index contributed by atoms with van der Waals surface area (Å²) in [6.07, 6.45) is 0. The highest BCUT2D eigenvalue weighted by Gasteiger charge is 2.14. The van der Waals surface area contributed by atoms with Crippen molar-refractivity contribution in [1.82, 2.24) is 9.97 Å². The monoisotopic (exact) mass is 360 g/mol. The highest BCUT2D eigenvalue weighted by Crippen LogP contribution is 2.25. The van der Waals surface area contributed by atoms with Gasteiger partial charge in [-0.1, -0.05) is 6.07 Å². The van der Waals surface area contributed by atoms with Crippen LogP contribution in [-0.4, -0.2) is 17.1 Å². The first-order chi connectivity index (χ1) is 12.5. The predicted octanol–water partition coefficient (Wildman–Crippen LogP) is 4.70. The molecule has 0 atom stereocenters.